The van der Waals surface area contributed by atoms with Gasteiger partial charge in [0, 0.05) is 12.7 Å². The van der Waals surface area contributed by atoms with Crippen molar-refractivity contribution in [2.24, 2.45) is 0 Å². The number of carbonyl (C=O) groups is 2. The predicted octanol–water partition coefficient (Wildman–Crippen LogP) is 2.37. The minimum Gasteiger partial charge on any atom is -0.483 e. The van der Waals surface area contributed by atoms with Crippen LogP contribution in [-0.2, 0) is 9.59 Å². The molecule has 3 rings (SSSR count). The maximum Gasteiger partial charge on any atom is 0.264 e. The number of nitrogens with zero attached hydrogens (tertiary/aromatic N) is 1. The normalized spacial score (nSPS) is 13.1. The fraction of sp³-hybridized carbons (Fsp3) is 0.222. The van der Waals surface area contributed by atoms with E-state index in [-0.39, 0.29) is 25.0 Å². The average Bonchev–Trinajstić information content (AvgIpc) is 2.58. The van der Waals surface area contributed by atoms with E-state index < -0.39 is 0 Å². The highest BCUT2D eigenvalue weighted by Gasteiger charge is 2.22. The lowest BCUT2D eigenvalue weighted by molar-refractivity contribution is -0.121. The Kier molecular flexibility index (Phi) is 4.37. The van der Waals surface area contributed by atoms with Crippen molar-refractivity contribution < 1.29 is 19.1 Å². The quantitative estimate of drug-likeness (QED) is 0.936. The van der Waals surface area contributed by atoms with Gasteiger partial charge in [-0.15, -0.1) is 0 Å². The third kappa shape index (κ3) is 3.32. The molecular formula is C18H18N2O4. The van der Waals surface area contributed by atoms with Crippen molar-refractivity contribution in [2.45, 2.75) is 6.92 Å². The van der Waals surface area contributed by atoms with Crippen LogP contribution < -0.4 is 19.7 Å². The first-order valence-electron chi connectivity index (χ1n) is 7.56. The van der Waals surface area contributed by atoms with E-state index in [1.54, 1.807) is 25.2 Å². The Balaban J connectivity index is 1.65. The summed E-state index contributed by atoms with van der Waals surface area (Å²) in [6, 6.07) is 12.7. The Morgan fingerprint density at radius 2 is 2.08 bits per heavy atom. The molecule has 0 fully saturated rings. The Bertz CT molecular complexity index is 788. The van der Waals surface area contributed by atoms with Crippen LogP contribution in [0.4, 0.5) is 11.4 Å². The molecule has 0 saturated heterocycles. The minimum absolute atomic E-state index is 0.0273. The third-order valence-corrected chi connectivity index (χ3v) is 3.78. The molecule has 2 amide bonds. The summed E-state index contributed by atoms with van der Waals surface area (Å²) in [5.41, 5.74) is 2.18. The summed E-state index contributed by atoms with van der Waals surface area (Å²) in [5.74, 6) is 0.890. The number of aryl methyl sites for hydroxylation is 1. The van der Waals surface area contributed by atoms with E-state index in [1.165, 1.54) is 4.90 Å². The Hall–Kier alpha value is -3.02. The molecule has 0 radical (unpaired) electrons. The summed E-state index contributed by atoms with van der Waals surface area (Å²) in [5, 5.41) is 2.76. The van der Waals surface area contributed by atoms with Crippen LogP contribution in [-0.4, -0.2) is 32.1 Å². The summed E-state index contributed by atoms with van der Waals surface area (Å²) in [6.45, 7) is 1.86. The second-order valence-corrected chi connectivity index (χ2v) is 5.53. The van der Waals surface area contributed by atoms with E-state index in [9.17, 15) is 9.59 Å². The molecule has 0 saturated carbocycles. The molecular weight excluding hydrogens is 308 g/mol. The van der Waals surface area contributed by atoms with Crippen LogP contribution >= 0.6 is 0 Å². The molecule has 2 aromatic carbocycles. The number of carbonyl (C=O) groups excluding carboxylic acids is 2. The molecule has 1 N–H and O–H groups in total. The van der Waals surface area contributed by atoms with Gasteiger partial charge in [0.15, 0.2) is 13.2 Å². The van der Waals surface area contributed by atoms with Gasteiger partial charge in [0.25, 0.3) is 11.8 Å². The number of para-hydroxylation sites is 1. The first kappa shape index (κ1) is 15.9. The summed E-state index contributed by atoms with van der Waals surface area (Å²) in [7, 11) is 1.68. The second kappa shape index (κ2) is 6.62. The van der Waals surface area contributed by atoms with E-state index >= 15 is 0 Å². The fourth-order valence-electron chi connectivity index (χ4n) is 2.41. The monoisotopic (exact) mass is 326 g/mol. The summed E-state index contributed by atoms with van der Waals surface area (Å²) in [4.78, 5) is 25.3. The molecule has 1 aliphatic rings. The van der Waals surface area contributed by atoms with Crippen molar-refractivity contribution in [3.63, 3.8) is 0 Å². The van der Waals surface area contributed by atoms with Crippen LogP contribution in [0.25, 0.3) is 0 Å². The number of hydrogen-bond acceptors (Lipinski definition) is 4. The first-order chi connectivity index (χ1) is 11.5. The lowest BCUT2D eigenvalue weighted by atomic mass is 10.2. The van der Waals surface area contributed by atoms with Crippen LogP contribution in [0.15, 0.2) is 42.5 Å². The lowest BCUT2D eigenvalue weighted by Gasteiger charge is -2.26. The van der Waals surface area contributed by atoms with Crippen molar-refractivity contribution in [3.8, 4) is 11.5 Å². The van der Waals surface area contributed by atoms with Crippen LogP contribution in [0.3, 0.4) is 0 Å². The molecule has 2 aromatic rings. The Morgan fingerprint density at radius 1 is 1.29 bits per heavy atom. The smallest absolute Gasteiger partial charge is 0.264 e. The highest BCUT2D eigenvalue weighted by molar-refractivity contribution is 5.99. The van der Waals surface area contributed by atoms with E-state index in [4.69, 9.17) is 9.47 Å². The topological polar surface area (TPSA) is 67.9 Å². The Morgan fingerprint density at radius 3 is 2.88 bits per heavy atom. The maximum absolute atomic E-state index is 12.1. The van der Waals surface area contributed by atoms with Gasteiger partial charge in [0.1, 0.15) is 11.5 Å². The zero-order valence-corrected chi connectivity index (χ0v) is 13.5. The molecule has 0 unspecified atom stereocenters. The SMILES string of the molecule is Cc1ccccc1OCC(=O)Nc1ccc2c(c1)N(C)C(=O)CO2. The van der Waals surface area contributed by atoms with Gasteiger partial charge in [-0.2, -0.15) is 0 Å². The number of fused-ring (bicyclic) bond motifs is 1. The van der Waals surface area contributed by atoms with Gasteiger partial charge in [-0.05, 0) is 36.8 Å². The predicted molar refractivity (Wildman–Crippen MR) is 90.7 cm³/mol. The Labute approximate surface area is 140 Å². The fourth-order valence-corrected chi connectivity index (χ4v) is 2.41. The average molecular weight is 326 g/mol. The first-order valence-corrected chi connectivity index (χ1v) is 7.56. The summed E-state index contributed by atoms with van der Waals surface area (Å²) in [6.07, 6.45) is 0. The molecule has 0 aromatic heterocycles. The van der Waals surface area contributed by atoms with Crippen molar-refractivity contribution in [1.29, 1.82) is 0 Å². The number of rotatable bonds is 4. The highest BCUT2D eigenvalue weighted by atomic mass is 16.5. The lowest BCUT2D eigenvalue weighted by Crippen LogP contribution is -2.35. The molecule has 124 valence electrons. The van der Waals surface area contributed by atoms with Crippen LogP contribution in [0, 0.1) is 6.92 Å². The number of anilines is 2. The zero-order valence-electron chi connectivity index (χ0n) is 13.5. The zero-order chi connectivity index (χ0) is 17.1. The standard InChI is InChI=1S/C18H18N2O4/c1-12-5-3-4-6-15(12)23-10-17(21)19-13-7-8-16-14(9-13)20(2)18(22)11-24-16/h3-9H,10-11H2,1-2H3,(H,19,21). The van der Waals surface area contributed by atoms with Gasteiger partial charge in [-0.3, -0.25) is 9.59 Å². The number of benzene rings is 2. The molecule has 0 spiro atoms. The van der Waals surface area contributed by atoms with Crippen LogP contribution in [0.5, 0.6) is 11.5 Å². The van der Waals surface area contributed by atoms with Gasteiger partial charge >= 0.3 is 0 Å². The largest absolute Gasteiger partial charge is 0.483 e. The summed E-state index contributed by atoms with van der Waals surface area (Å²) < 4.78 is 10.9. The molecule has 6 heteroatoms. The second-order valence-electron chi connectivity index (χ2n) is 5.53. The molecule has 0 atom stereocenters. The van der Waals surface area contributed by atoms with Crippen molar-refractivity contribution in [2.75, 3.05) is 30.5 Å². The van der Waals surface area contributed by atoms with E-state index in [0.717, 1.165) is 5.56 Å². The summed E-state index contributed by atoms with van der Waals surface area (Å²) >= 11 is 0. The van der Waals surface area contributed by atoms with Gasteiger partial charge in [-0.25, -0.2) is 0 Å². The third-order valence-electron chi connectivity index (χ3n) is 3.78. The van der Waals surface area contributed by atoms with Gasteiger partial charge in [0.2, 0.25) is 0 Å². The molecule has 6 nitrogen and oxygen atoms in total. The van der Waals surface area contributed by atoms with E-state index in [2.05, 4.69) is 5.32 Å². The number of amides is 2. The van der Waals surface area contributed by atoms with E-state index in [0.29, 0.717) is 22.9 Å². The number of ether oxygens (including phenoxy) is 2. The van der Waals surface area contributed by atoms with Crippen LogP contribution in [0.2, 0.25) is 0 Å². The number of nitrogens with one attached hydrogen (secondary N) is 1. The molecule has 0 aliphatic carbocycles. The van der Waals surface area contributed by atoms with Crippen LogP contribution in [0.1, 0.15) is 5.56 Å². The van der Waals surface area contributed by atoms with Crippen molar-refractivity contribution in [3.05, 3.63) is 48.0 Å². The molecule has 1 aliphatic heterocycles. The molecule has 1 heterocycles. The van der Waals surface area contributed by atoms with E-state index in [1.807, 2.05) is 31.2 Å². The molecule has 24 heavy (non-hydrogen) atoms. The number of hydrogen-bond donors (Lipinski definition) is 1. The van der Waals surface area contributed by atoms with Crippen molar-refractivity contribution >= 4 is 23.2 Å². The van der Waals surface area contributed by atoms with Gasteiger partial charge in [0.05, 0.1) is 5.69 Å². The van der Waals surface area contributed by atoms with Crippen molar-refractivity contribution in [1.82, 2.24) is 0 Å². The molecule has 0 bridgehead atoms. The van der Waals surface area contributed by atoms with Gasteiger partial charge < -0.3 is 19.7 Å². The highest BCUT2D eigenvalue weighted by Crippen LogP contribution is 2.33. The van der Waals surface area contributed by atoms with Gasteiger partial charge in [-0.1, -0.05) is 18.2 Å². The number of likely N-dealkylation sites (N-methyl/N-ethyl adjacent to an activating group) is 1. The maximum atomic E-state index is 12.1. The minimum atomic E-state index is -0.274.